The number of amides is 2. The molecule has 1 saturated heterocycles. The van der Waals surface area contributed by atoms with Gasteiger partial charge >= 0.3 is 0 Å². The number of aryl methyl sites for hydroxylation is 1. The molecule has 26 heavy (non-hydrogen) atoms. The molecular formula is C18H19N3O5. The number of likely N-dealkylation sites (tertiary alicyclic amines) is 1. The molecule has 0 saturated carbocycles. The van der Waals surface area contributed by atoms with Gasteiger partial charge in [-0.15, -0.1) is 0 Å². The number of nitro benzene ring substituents is 1. The van der Waals surface area contributed by atoms with Gasteiger partial charge in [-0.3, -0.25) is 19.7 Å². The normalized spacial score (nSPS) is 17.0. The Morgan fingerprint density at radius 1 is 1.31 bits per heavy atom. The molecule has 0 bridgehead atoms. The predicted molar refractivity (Wildman–Crippen MR) is 93.8 cm³/mol. The lowest BCUT2D eigenvalue weighted by atomic mass is 10.0. The van der Waals surface area contributed by atoms with Crippen molar-refractivity contribution in [3.63, 3.8) is 0 Å². The topological polar surface area (TPSA) is 106 Å². The maximum atomic E-state index is 12.7. The number of piperidine rings is 1. The van der Waals surface area contributed by atoms with Crippen molar-refractivity contribution in [2.45, 2.75) is 32.2 Å². The van der Waals surface area contributed by atoms with E-state index in [1.54, 1.807) is 31.2 Å². The fourth-order valence-electron chi connectivity index (χ4n) is 3.10. The Morgan fingerprint density at radius 3 is 2.81 bits per heavy atom. The molecule has 1 N–H and O–H groups in total. The van der Waals surface area contributed by atoms with Crippen molar-refractivity contribution in [2.75, 3.05) is 11.9 Å². The molecule has 2 heterocycles. The summed E-state index contributed by atoms with van der Waals surface area (Å²) < 4.78 is 5.15. The van der Waals surface area contributed by atoms with Gasteiger partial charge in [0.1, 0.15) is 6.04 Å². The summed E-state index contributed by atoms with van der Waals surface area (Å²) in [5.41, 5.74) is 0.790. The molecule has 1 unspecified atom stereocenters. The molecule has 8 nitrogen and oxygen atoms in total. The SMILES string of the molecule is Cc1ccc(NC(=O)C2CCCCN2C(=O)c2ccco2)cc1[N+](=O)[O-]. The molecule has 1 aromatic heterocycles. The second-order valence-corrected chi connectivity index (χ2v) is 6.24. The van der Waals surface area contributed by atoms with Crippen LogP contribution in [0.4, 0.5) is 11.4 Å². The third-order valence-corrected chi connectivity index (χ3v) is 4.47. The summed E-state index contributed by atoms with van der Waals surface area (Å²) in [4.78, 5) is 37.4. The lowest BCUT2D eigenvalue weighted by Crippen LogP contribution is -2.49. The first kappa shape index (κ1) is 17.7. The third-order valence-electron chi connectivity index (χ3n) is 4.47. The number of rotatable bonds is 4. The number of nitrogens with one attached hydrogen (secondary N) is 1. The van der Waals surface area contributed by atoms with Gasteiger partial charge in [0.05, 0.1) is 11.2 Å². The van der Waals surface area contributed by atoms with Crippen molar-refractivity contribution in [3.05, 3.63) is 58.0 Å². The van der Waals surface area contributed by atoms with Gasteiger partial charge in [-0.05, 0) is 44.4 Å². The quantitative estimate of drug-likeness (QED) is 0.668. The number of hydrogen-bond acceptors (Lipinski definition) is 5. The molecule has 0 radical (unpaired) electrons. The minimum Gasteiger partial charge on any atom is -0.459 e. The maximum Gasteiger partial charge on any atom is 0.290 e. The van der Waals surface area contributed by atoms with E-state index in [2.05, 4.69) is 5.32 Å². The van der Waals surface area contributed by atoms with Crippen LogP contribution in [0.15, 0.2) is 41.0 Å². The predicted octanol–water partition coefficient (Wildman–Crippen LogP) is 3.13. The summed E-state index contributed by atoms with van der Waals surface area (Å²) in [6, 6.07) is 7.07. The summed E-state index contributed by atoms with van der Waals surface area (Å²) in [7, 11) is 0. The molecule has 8 heteroatoms. The van der Waals surface area contributed by atoms with Crippen molar-refractivity contribution < 1.29 is 18.9 Å². The van der Waals surface area contributed by atoms with E-state index in [0.29, 0.717) is 24.2 Å². The van der Waals surface area contributed by atoms with Gasteiger partial charge in [0.2, 0.25) is 5.91 Å². The van der Waals surface area contributed by atoms with Crippen molar-refractivity contribution in [1.29, 1.82) is 0 Å². The number of nitro groups is 1. The van der Waals surface area contributed by atoms with Crippen LogP contribution in [0.5, 0.6) is 0 Å². The Kier molecular flexibility index (Phi) is 5.01. The number of furan rings is 1. The van der Waals surface area contributed by atoms with Gasteiger partial charge in [0.25, 0.3) is 11.6 Å². The minimum absolute atomic E-state index is 0.0602. The molecule has 0 spiro atoms. The summed E-state index contributed by atoms with van der Waals surface area (Å²) in [6.45, 7) is 2.10. The smallest absolute Gasteiger partial charge is 0.290 e. The van der Waals surface area contributed by atoms with E-state index >= 15 is 0 Å². The highest BCUT2D eigenvalue weighted by atomic mass is 16.6. The number of benzene rings is 1. The molecule has 1 aliphatic heterocycles. The highest BCUT2D eigenvalue weighted by Crippen LogP contribution is 2.25. The first-order valence-corrected chi connectivity index (χ1v) is 8.38. The highest BCUT2D eigenvalue weighted by Gasteiger charge is 2.33. The lowest BCUT2D eigenvalue weighted by molar-refractivity contribution is -0.385. The maximum absolute atomic E-state index is 12.7. The molecule has 1 atom stereocenters. The average molecular weight is 357 g/mol. The van der Waals surface area contributed by atoms with Gasteiger partial charge in [-0.25, -0.2) is 0 Å². The van der Waals surface area contributed by atoms with Gasteiger partial charge < -0.3 is 14.6 Å². The van der Waals surface area contributed by atoms with Crippen LogP contribution in [-0.2, 0) is 4.79 Å². The van der Waals surface area contributed by atoms with Crippen molar-refractivity contribution in [1.82, 2.24) is 4.90 Å². The molecule has 2 amide bonds. The number of hydrogen-bond donors (Lipinski definition) is 1. The Balaban J connectivity index is 1.78. The van der Waals surface area contributed by atoms with Crippen LogP contribution in [0.3, 0.4) is 0 Å². The molecule has 3 rings (SSSR count). The monoisotopic (exact) mass is 357 g/mol. The molecule has 1 aromatic carbocycles. The van der Waals surface area contributed by atoms with Crippen LogP contribution >= 0.6 is 0 Å². The number of carbonyl (C=O) groups is 2. The molecular weight excluding hydrogens is 338 g/mol. The Hall–Kier alpha value is -3.16. The fraction of sp³-hybridized carbons (Fsp3) is 0.333. The number of carbonyl (C=O) groups excluding carboxylic acids is 2. The molecule has 1 aliphatic rings. The van der Waals surface area contributed by atoms with E-state index in [-0.39, 0.29) is 23.3 Å². The van der Waals surface area contributed by atoms with Crippen molar-refractivity contribution in [2.24, 2.45) is 0 Å². The lowest BCUT2D eigenvalue weighted by Gasteiger charge is -2.34. The Bertz CT molecular complexity index is 831. The summed E-state index contributed by atoms with van der Waals surface area (Å²) in [5, 5.41) is 13.8. The van der Waals surface area contributed by atoms with E-state index in [1.807, 2.05) is 0 Å². The van der Waals surface area contributed by atoms with Crippen molar-refractivity contribution in [3.8, 4) is 0 Å². The molecule has 136 valence electrons. The molecule has 0 aliphatic carbocycles. The zero-order valence-corrected chi connectivity index (χ0v) is 14.3. The number of anilines is 1. The fourth-order valence-corrected chi connectivity index (χ4v) is 3.10. The molecule has 2 aromatic rings. The highest BCUT2D eigenvalue weighted by molar-refractivity contribution is 6.00. The van der Waals surface area contributed by atoms with Crippen LogP contribution < -0.4 is 5.32 Å². The van der Waals surface area contributed by atoms with E-state index in [9.17, 15) is 19.7 Å². The first-order valence-electron chi connectivity index (χ1n) is 8.38. The van der Waals surface area contributed by atoms with Crippen LogP contribution in [0.1, 0.15) is 35.4 Å². The van der Waals surface area contributed by atoms with E-state index in [4.69, 9.17) is 4.42 Å². The van der Waals surface area contributed by atoms with E-state index < -0.39 is 11.0 Å². The third kappa shape index (κ3) is 3.58. The van der Waals surface area contributed by atoms with E-state index in [1.165, 1.54) is 17.2 Å². The van der Waals surface area contributed by atoms with Gasteiger partial charge in [-0.1, -0.05) is 6.07 Å². The molecule has 1 fully saturated rings. The summed E-state index contributed by atoms with van der Waals surface area (Å²) in [5.74, 6) is -0.497. The Morgan fingerprint density at radius 2 is 2.12 bits per heavy atom. The minimum atomic E-state index is -0.637. The van der Waals surface area contributed by atoms with E-state index in [0.717, 1.165) is 12.8 Å². The van der Waals surface area contributed by atoms with Gasteiger partial charge in [0.15, 0.2) is 5.76 Å². The zero-order chi connectivity index (χ0) is 18.7. The van der Waals surface area contributed by atoms with Crippen LogP contribution in [0.2, 0.25) is 0 Å². The second-order valence-electron chi connectivity index (χ2n) is 6.24. The summed E-state index contributed by atoms with van der Waals surface area (Å²) >= 11 is 0. The second kappa shape index (κ2) is 7.38. The van der Waals surface area contributed by atoms with Crippen molar-refractivity contribution >= 4 is 23.2 Å². The summed E-state index contributed by atoms with van der Waals surface area (Å²) in [6.07, 6.45) is 3.59. The largest absolute Gasteiger partial charge is 0.459 e. The van der Waals surface area contributed by atoms with Crippen LogP contribution in [0, 0.1) is 17.0 Å². The van der Waals surface area contributed by atoms with Crippen LogP contribution in [-0.4, -0.2) is 34.2 Å². The van der Waals surface area contributed by atoms with Gasteiger partial charge in [-0.2, -0.15) is 0 Å². The van der Waals surface area contributed by atoms with Gasteiger partial charge in [0, 0.05) is 23.9 Å². The van der Waals surface area contributed by atoms with Crippen LogP contribution in [0.25, 0.3) is 0 Å². The Labute approximate surface area is 149 Å². The average Bonchev–Trinajstić information content (AvgIpc) is 3.17. The number of nitrogens with zero attached hydrogens (tertiary/aromatic N) is 2. The standard InChI is InChI=1S/C18H19N3O5/c1-12-7-8-13(11-15(12)21(24)25)19-17(22)14-5-2-3-9-20(14)18(23)16-6-4-10-26-16/h4,6-8,10-11,14H,2-3,5,9H2,1H3,(H,19,22). The zero-order valence-electron chi connectivity index (χ0n) is 14.3. The first-order chi connectivity index (χ1) is 12.5.